The largest absolute Gasteiger partial charge is 0.487 e. The van der Waals surface area contributed by atoms with Gasteiger partial charge in [0.05, 0.1) is 12.2 Å². The summed E-state index contributed by atoms with van der Waals surface area (Å²) in [5, 5.41) is 0. The maximum Gasteiger partial charge on any atom is 0.258 e. The Morgan fingerprint density at radius 3 is 2.39 bits per heavy atom. The average molecular weight is 309 g/mol. The van der Waals surface area contributed by atoms with Gasteiger partial charge in [0, 0.05) is 5.56 Å². The molecule has 2 aromatic rings. The molecule has 2 aromatic carbocycles. The number of fused-ring (bicyclic) bond motifs is 1. The van der Waals surface area contributed by atoms with Gasteiger partial charge in [-0.2, -0.15) is 0 Å². The molecule has 1 aliphatic rings. The number of ether oxygens (including phenoxy) is 1. The van der Waals surface area contributed by atoms with Crippen molar-refractivity contribution >= 4 is 11.6 Å². The van der Waals surface area contributed by atoms with E-state index in [9.17, 15) is 4.79 Å². The van der Waals surface area contributed by atoms with E-state index in [-0.39, 0.29) is 17.4 Å². The fourth-order valence-corrected chi connectivity index (χ4v) is 2.85. The molecule has 0 aliphatic carbocycles. The van der Waals surface area contributed by atoms with Crippen LogP contribution in [0.1, 0.15) is 43.6 Å². The van der Waals surface area contributed by atoms with Crippen molar-refractivity contribution in [1.29, 1.82) is 0 Å². The Morgan fingerprint density at radius 2 is 1.74 bits per heavy atom. The molecular weight excluding hydrogens is 286 g/mol. The lowest BCUT2D eigenvalue weighted by atomic mass is 9.86. The van der Waals surface area contributed by atoms with Gasteiger partial charge in [-0.1, -0.05) is 45.0 Å². The lowest BCUT2D eigenvalue weighted by molar-refractivity contribution is 0.0961. The highest BCUT2D eigenvalue weighted by atomic mass is 16.5. The standard InChI is InChI=1S/C20H23NO2/c1-14-13-21(17-7-5-6-8-18(17)23-14)19(22)15-9-11-16(12-10-15)20(2,3)4/h5-12,14H,13H2,1-4H3/t14-/m1/s1. The molecule has 1 atom stereocenters. The monoisotopic (exact) mass is 309 g/mol. The zero-order valence-corrected chi connectivity index (χ0v) is 14.2. The minimum absolute atomic E-state index is 0.0114. The van der Waals surface area contributed by atoms with Crippen LogP contribution in [0.2, 0.25) is 0 Å². The van der Waals surface area contributed by atoms with Gasteiger partial charge in [0.25, 0.3) is 5.91 Å². The fourth-order valence-electron chi connectivity index (χ4n) is 2.85. The van der Waals surface area contributed by atoms with E-state index in [0.717, 1.165) is 11.4 Å². The minimum Gasteiger partial charge on any atom is -0.487 e. The number of hydrogen-bond donors (Lipinski definition) is 0. The molecule has 1 aliphatic heterocycles. The molecule has 1 amide bonds. The van der Waals surface area contributed by atoms with Gasteiger partial charge in [-0.25, -0.2) is 0 Å². The van der Waals surface area contributed by atoms with Crippen molar-refractivity contribution in [1.82, 2.24) is 0 Å². The molecule has 3 nitrogen and oxygen atoms in total. The number of para-hydroxylation sites is 2. The van der Waals surface area contributed by atoms with Gasteiger partial charge in [-0.3, -0.25) is 4.79 Å². The minimum atomic E-state index is -0.0114. The van der Waals surface area contributed by atoms with Crippen LogP contribution in [-0.4, -0.2) is 18.6 Å². The third kappa shape index (κ3) is 3.09. The second-order valence-electron chi connectivity index (χ2n) is 7.14. The summed E-state index contributed by atoms with van der Waals surface area (Å²) >= 11 is 0. The number of amides is 1. The van der Waals surface area contributed by atoms with Gasteiger partial charge in [-0.05, 0) is 42.2 Å². The zero-order valence-electron chi connectivity index (χ0n) is 14.2. The number of nitrogens with zero attached hydrogens (tertiary/aromatic N) is 1. The molecular formula is C20H23NO2. The van der Waals surface area contributed by atoms with Crippen molar-refractivity contribution in [2.24, 2.45) is 0 Å². The molecule has 3 heteroatoms. The lowest BCUT2D eigenvalue weighted by Crippen LogP contribution is -2.42. The van der Waals surface area contributed by atoms with Crippen LogP contribution < -0.4 is 9.64 Å². The summed E-state index contributed by atoms with van der Waals surface area (Å²) in [6.45, 7) is 9.06. The normalized spacial score (nSPS) is 17.4. The van der Waals surface area contributed by atoms with Crippen LogP contribution in [0.25, 0.3) is 0 Å². The Bertz CT molecular complexity index is 713. The van der Waals surface area contributed by atoms with Crippen LogP contribution in [0, 0.1) is 0 Å². The average Bonchev–Trinajstić information content (AvgIpc) is 2.52. The van der Waals surface area contributed by atoms with Gasteiger partial charge in [-0.15, -0.1) is 0 Å². The summed E-state index contributed by atoms with van der Waals surface area (Å²) in [7, 11) is 0. The number of benzene rings is 2. The summed E-state index contributed by atoms with van der Waals surface area (Å²) in [4.78, 5) is 14.8. The molecule has 0 radical (unpaired) electrons. The molecule has 0 unspecified atom stereocenters. The van der Waals surface area contributed by atoms with E-state index in [4.69, 9.17) is 4.74 Å². The Balaban J connectivity index is 1.92. The predicted molar refractivity (Wildman–Crippen MR) is 93.4 cm³/mol. The first-order valence-corrected chi connectivity index (χ1v) is 8.04. The van der Waals surface area contributed by atoms with Gasteiger partial charge in [0.2, 0.25) is 0 Å². The number of carbonyl (C=O) groups excluding carboxylic acids is 1. The molecule has 3 rings (SSSR count). The Morgan fingerprint density at radius 1 is 1.09 bits per heavy atom. The van der Waals surface area contributed by atoms with Crippen LogP contribution >= 0.6 is 0 Å². The maximum absolute atomic E-state index is 12.9. The van der Waals surface area contributed by atoms with Crippen molar-refractivity contribution in [2.75, 3.05) is 11.4 Å². The van der Waals surface area contributed by atoms with E-state index in [0.29, 0.717) is 12.1 Å². The topological polar surface area (TPSA) is 29.5 Å². The van der Waals surface area contributed by atoms with Crippen molar-refractivity contribution in [3.8, 4) is 5.75 Å². The van der Waals surface area contributed by atoms with E-state index >= 15 is 0 Å². The van der Waals surface area contributed by atoms with E-state index in [2.05, 4.69) is 20.8 Å². The van der Waals surface area contributed by atoms with E-state index in [1.807, 2.05) is 60.4 Å². The van der Waals surface area contributed by atoms with Gasteiger partial charge < -0.3 is 9.64 Å². The molecule has 120 valence electrons. The summed E-state index contributed by atoms with van der Waals surface area (Å²) in [5.74, 6) is 0.791. The Labute approximate surface area is 137 Å². The highest BCUT2D eigenvalue weighted by molar-refractivity contribution is 6.07. The van der Waals surface area contributed by atoms with Crippen LogP contribution in [0.15, 0.2) is 48.5 Å². The molecule has 0 N–H and O–H groups in total. The molecule has 23 heavy (non-hydrogen) atoms. The van der Waals surface area contributed by atoms with Crippen molar-refractivity contribution in [2.45, 2.75) is 39.2 Å². The quantitative estimate of drug-likeness (QED) is 0.781. The number of rotatable bonds is 1. The van der Waals surface area contributed by atoms with Crippen molar-refractivity contribution in [3.05, 3.63) is 59.7 Å². The summed E-state index contributed by atoms with van der Waals surface area (Å²) < 4.78 is 5.82. The van der Waals surface area contributed by atoms with Crippen LogP contribution in [0.5, 0.6) is 5.75 Å². The summed E-state index contributed by atoms with van der Waals surface area (Å²) in [6.07, 6.45) is -0.0114. The molecule has 0 saturated heterocycles. The van der Waals surface area contributed by atoms with Crippen molar-refractivity contribution < 1.29 is 9.53 Å². The second-order valence-corrected chi connectivity index (χ2v) is 7.14. The van der Waals surface area contributed by atoms with E-state index < -0.39 is 0 Å². The third-order valence-corrected chi connectivity index (χ3v) is 4.17. The Hall–Kier alpha value is -2.29. The van der Waals surface area contributed by atoms with Gasteiger partial charge in [0.1, 0.15) is 11.9 Å². The predicted octanol–water partition coefficient (Wildman–Crippen LogP) is 4.41. The molecule has 0 aromatic heterocycles. The summed E-state index contributed by atoms with van der Waals surface area (Å²) in [5.41, 5.74) is 2.86. The van der Waals surface area contributed by atoms with Crippen molar-refractivity contribution in [3.63, 3.8) is 0 Å². The molecule has 0 spiro atoms. The van der Waals surface area contributed by atoms with Crippen LogP contribution in [-0.2, 0) is 5.41 Å². The molecule has 1 heterocycles. The molecule has 0 saturated carbocycles. The lowest BCUT2D eigenvalue weighted by Gasteiger charge is -2.33. The first-order valence-electron chi connectivity index (χ1n) is 8.04. The highest BCUT2D eigenvalue weighted by Gasteiger charge is 2.28. The van der Waals surface area contributed by atoms with Crippen LogP contribution in [0.3, 0.4) is 0 Å². The number of hydrogen-bond acceptors (Lipinski definition) is 2. The first kappa shape index (κ1) is 15.6. The third-order valence-electron chi connectivity index (χ3n) is 4.17. The summed E-state index contributed by atoms with van der Waals surface area (Å²) in [6, 6.07) is 15.6. The SMILES string of the molecule is C[C@@H]1CN(C(=O)c2ccc(C(C)(C)C)cc2)c2ccccc2O1. The zero-order chi connectivity index (χ0) is 16.6. The van der Waals surface area contributed by atoms with E-state index in [1.165, 1.54) is 5.56 Å². The molecule has 0 bridgehead atoms. The highest BCUT2D eigenvalue weighted by Crippen LogP contribution is 2.34. The van der Waals surface area contributed by atoms with E-state index in [1.54, 1.807) is 0 Å². The first-order chi connectivity index (χ1) is 10.9. The van der Waals surface area contributed by atoms with Gasteiger partial charge >= 0.3 is 0 Å². The van der Waals surface area contributed by atoms with Crippen LogP contribution in [0.4, 0.5) is 5.69 Å². The molecule has 0 fully saturated rings. The maximum atomic E-state index is 12.9. The smallest absolute Gasteiger partial charge is 0.258 e. The Kier molecular flexibility index (Phi) is 3.88. The fraction of sp³-hybridized carbons (Fsp3) is 0.350. The number of anilines is 1. The number of carbonyl (C=O) groups is 1. The van der Waals surface area contributed by atoms with Gasteiger partial charge in [0.15, 0.2) is 0 Å². The second kappa shape index (κ2) is 5.73.